The second-order valence-corrected chi connectivity index (χ2v) is 7.81. The van der Waals surface area contributed by atoms with Crippen molar-refractivity contribution in [3.8, 4) is 0 Å². The van der Waals surface area contributed by atoms with Gasteiger partial charge in [0.1, 0.15) is 6.61 Å². The minimum Gasteiger partial charge on any atom is -0.445 e. The number of Topliss-reactive ketones (excluding diaryl/α,β-unsaturated/α-hetero) is 1. The summed E-state index contributed by atoms with van der Waals surface area (Å²) in [5, 5.41) is 4.23. The zero-order chi connectivity index (χ0) is 19.8. The number of hydrogen-bond donors (Lipinski definition) is 0. The summed E-state index contributed by atoms with van der Waals surface area (Å²) in [5.74, 6) is -0.0337. The summed E-state index contributed by atoms with van der Waals surface area (Å²) in [6.45, 7) is 0.270. The number of carbonyl (C=O) groups is 2. The van der Waals surface area contributed by atoms with Crippen molar-refractivity contribution in [2.75, 3.05) is 0 Å². The number of amides is 1. The summed E-state index contributed by atoms with van der Waals surface area (Å²) in [5.41, 5.74) is 2.13. The molecule has 2 unspecified atom stereocenters. The SMILES string of the molecule is O=C(c1cnn2cccnc12)C1CC2CCC(C1)N2C(=O)OCc1ccccc1. The molecule has 2 saturated heterocycles. The Balaban J connectivity index is 1.27. The van der Waals surface area contributed by atoms with Crippen LogP contribution < -0.4 is 0 Å². The van der Waals surface area contributed by atoms with Crippen molar-refractivity contribution in [1.29, 1.82) is 0 Å². The largest absolute Gasteiger partial charge is 0.445 e. The molecule has 0 saturated carbocycles. The molecule has 0 N–H and O–H groups in total. The third-order valence-electron chi connectivity index (χ3n) is 6.06. The molecular formula is C22H22N4O3. The monoisotopic (exact) mass is 390 g/mol. The Labute approximate surface area is 168 Å². The van der Waals surface area contributed by atoms with Gasteiger partial charge < -0.3 is 9.64 Å². The maximum absolute atomic E-state index is 13.2. The van der Waals surface area contributed by atoms with Gasteiger partial charge in [0.05, 0.1) is 11.8 Å². The minimum atomic E-state index is -0.273. The molecule has 7 heteroatoms. The zero-order valence-electron chi connectivity index (χ0n) is 16.0. The van der Waals surface area contributed by atoms with Crippen LogP contribution in [0.25, 0.3) is 5.65 Å². The highest BCUT2D eigenvalue weighted by Gasteiger charge is 2.46. The van der Waals surface area contributed by atoms with Crippen LogP contribution in [0.2, 0.25) is 0 Å². The second-order valence-electron chi connectivity index (χ2n) is 7.81. The molecule has 29 heavy (non-hydrogen) atoms. The van der Waals surface area contributed by atoms with E-state index in [9.17, 15) is 9.59 Å². The molecular weight excluding hydrogens is 368 g/mol. The lowest BCUT2D eigenvalue weighted by Gasteiger charge is -2.37. The number of piperidine rings is 1. The molecule has 148 valence electrons. The molecule has 3 aromatic rings. The molecule has 2 aromatic heterocycles. The Morgan fingerprint density at radius 1 is 1.07 bits per heavy atom. The van der Waals surface area contributed by atoms with Crippen molar-refractivity contribution >= 4 is 17.5 Å². The van der Waals surface area contributed by atoms with E-state index in [1.807, 2.05) is 35.2 Å². The van der Waals surface area contributed by atoms with Crippen LogP contribution in [0.1, 0.15) is 41.6 Å². The van der Waals surface area contributed by atoms with E-state index in [-0.39, 0.29) is 36.5 Å². The van der Waals surface area contributed by atoms with E-state index in [0.29, 0.717) is 24.1 Å². The molecule has 1 amide bonds. The number of ketones is 1. The van der Waals surface area contributed by atoms with Crippen molar-refractivity contribution < 1.29 is 14.3 Å². The lowest BCUT2D eigenvalue weighted by molar-refractivity contribution is 0.0485. The van der Waals surface area contributed by atoms with Gasteiger partial charge in [-0.25, -0.2) is 14.3 Å². The van der Waals surface area contributed by atoms with E-state index in [2.05, 4.69) is 10.1 Å². The van der Waals surface area contributed by atoms with Gasteiger partial charge in [0, 0.05) is 30.4 Å². The van der Waals surface area contributed by atoms with E-state index < -0.39 is 0 Å². The minimum absolute atomic E-state index is 0.0563. The molecule has 5 rings (SSSR count). The molecule has 7 nitrogen and oxygen atoms in total. The summed E-state index contributed by atoms with van der Waals surface area (Å²) in [7, 11) is 0. The van der Waals surface area contributed by atoms with Gasteiger partial charge in [-0.2, -0.15) is 5.10 Å². The van der Waals surface area contributed by atoms with Gasteiger partial charge >= 0.3 is 6.09 Å². The van der Waals surface area contributed by atoms with E-state index in [1.165, 1.54) is 0 Å². The van der Waals surface area contributed by atoms with E-state index >= 15 is 0 Å². The molecule has 2 aliphatic heterocycles. The highest BCUT2D eigenvalue weighted by Crippen LogP contribution is 2.40. The Hall–Kier alpha value is -3.22. The Morgan fingerprint density at radius 3 is 2.59 bits per heavy atom. The first kappa shape index (κ1) is 17.8. The van der Waals surface area contributed by atoms with Crippen LogP contribution >= 0.6 is 0 Å². The quantitative estimate of drug-likeness (QED) is 0.638. The number of ether oxygens (including phenoxy) is 1. The average molecular weight is 390 g/mol. The molecule has 0 radical (unpaired) electrons. The van der Waals surface area contributed by atoms with Crippen molar-refractivity contribution in [3.05, 3.63) is 66.1 Å². The van der Waals surface area contributed by atoms with Gasteiger partial charge in [-0.05, 0) is 37.3 Å². The number of benzene rings is 1. The molecule has 2 aliphatic rings. The fourth-order valence-corrected chi connectivity index (χ4v) is 4.70. The summed E-state index contributed by atoms with van der Waals surface area (Å²) >= 11 is 0. The molecule has 1 aromatic carbocycles. The predicted octanol–water partition coefficient (Wildman–Crippen LogP) is 3.49. The lowest BCUT2D eigenvalue weighted by atomic mass is 9.85. The van der Waals surface area contributed by atoms with Gasteiger partial charge in [-0.1, -0.05) is 30.3 Å². The summed E-state index contributed by atoms with van der Waals surface area (Å²) in [6.07, 6.45) is 7.96. The van der Waals surface area contributed by atoms with Crippen LogP contribution in [0.4, 0.5) is 4.79 Å². The van der Waals surface area contributed by atoms with Crippen LogP contribution in [-0.2, 0) is 11.3 Å². The molecule has 2 fully saturated rings. The number of rotatable bonds is 4. The van der Waals surface area contributed by atoms with Crippen molar-refractivity contribution in [2.45, 2.75) is 44.4 Å². The first-order valence-corrected chi connectivity index (χ1v) is 10.0. The molecule has 4 heterocycles. The van der Waals surface area contributed by atoms with E-state index in [4.69, 9.17) is 4.74 Å². The van der Waals surface area contributed by atoms with Crippen molar-refractivity contribution in [3.63, 3.8) is 0 Å². The number of carbonyl (C=O) groups excluding carboxylic acids is 2. The van der Waals surface area contributed by atoms with Crippen LogP contribution in [-0.4, -0.2) is 43.5 Å². The first-order valence-electron chi connectivity index (χ1n) is 10.0. The maximum Gasteiger partial charge on any atom is 0.410 e. The number of fused-ring (bicyclic) bond motifs is 3. The van der Waals surface area contributed by atoms with Gasteiger partial charge in [0.25, 0.3) is 0 Å². The van der Waals surface area contributed by atoms with Gasteiger partial charge in [-0.3, -0.25) is 4.79 Å². The molecule has 0 aliphatic carbocycles. The third kappa shape index (κ3) is 3.26. The van der Waals surface area contributed by atoms with E-state index in [1.54, 1.807) is 29.2 Å². The Bertz CT molecular complexity index is 1030. The Morgan fingerprint density at radius 2 is 1.83 bits per heavy atom. The molecule has 2 atom stereocenters. The zero-order valence-corrected chi connectivity index (χ0v) is 16.0. The standard InChI is InChI=1S/C22H22N4O3/c27-20(19-13-24-25-10-4-9-23-21(19)25)16-11-17-7-8-18(12-16)26(17)22(28)29-14-15-5-2-1-3-6-15/h1-6,9-10,13,16-18H,7-8,11-12,14H2. The highest BCUT2D eigenvalue weighted by atomic mass is 16.6. The fourth-order valence-electron chi connectivity index (χ4n) is 4.70. The Kier molecular flexibility index (Phi) is 4.50. The number of aromatic nitrogens is 3. The smallest absolute Gasteiger partial charge is 0.410 e. The first-order chi connectivity index (χ1) is 14.2. The van der Waals surface area contributed by atoms with Gasteiger partial charge in [0.2, 0.25) is 0 Å². The second kappa shape index (κ2) is 7.31. The summed E-state index contributed by atoms with van der Waals surface area (Å²) < 4.78 is 7.18. The van der Waals surface area contributed by atoms with Crippen molar-refractivity contribution in [1.82, 2.24) is 19.5 Å². The van der Waals surface area contributed by atoms with Crippen LogP contribution in [0.5, 0.6) is 0 Å². The third-order valence-corrected chi connectivity index (χ3v) is 6.06. The molecule has 0 spiro atoms. The van der Waals surface area contributed by atoms with Crippen molar-refractivity contribution in [2.24, 2.45) is 5.92 Å². The van der Waals surface area contributed by atoms with Gasteiger partial charge in [-0.15, -0.1) is 0 Å². The van der Waals surface area contributed by atoms with Crippen LogP contribution in [0.15, 0.2) is 55.0 Å². The summed E-state index contributed by atoms with van der Waals surface area (Å²) in [4.78, 5) is 32.0. The van der Waals surface area contributed by atoms with E-state index in [0.717, 1.165) is 18.4 Å². The van der Waals surface area contributed by atoms with Gasteiger partial charge in [0.15, 0.2) is 11.4 Å². The molecule has 2 bridgehead atoms. The lowest BCUT2D eigenvalue weighted by Crippen LogP contribution is -2.48. The normalized spacial score (nSPS) is 23.3. The predicted molar refractivity (Wildman–Crippen MR) is 105 cm³/mol. The maximum atomic E-state index is 13.2. The van der Waals surface area contributed by atoms with Crippen LogP contribution in [0.3, 0.4) is 0 Å². The average Bonchev–Trinajstić information content (AvgIpc) is 3.30. The number of nitrogens with zero attached hydrogens (tertiary/aromatic N) is 4. The summed E-state index contributed by atoms with van der Waals surface area (Å²) in [6, 6.07) is 11.6. The fraction of sp³-hybridized carbons (Fsp3) is 0.364. The topological polar surface area (TPSA) is 76.8 Å². The highest BCUT2D eigenvalue weighted by molar-refractivity contribution is 6.02. The number of hydrogen-bond acceptors (Lipinski definition) is 5. The van der Waals surface area contributed by atoms with Crippen LogP contribution in [0, 0.1) is 5.92 Å².